The third-order valence-corrected chi connectivity index (χ3v) is 5.85. The number of fused-ring (bicyclic) bond motifs is 3. The summed E-state index contributed by atoms with van der Waals surface area (Å²) in [5.41, 5.74) is 4.65. The van der Waals surface area contributed by atoms with Crippen molar-refractivity contribution in [3.8, 4) is 0 Å². The van der Waals surface area contributed by atoms with Crippen molar-refractivity contribution in [1.29, 1.82) is 0 Å². The Morgan fingerprint density at radius 3 is 2.84 bits per heavy atom. The number of aromatic nitrogens is 1. The molecule has 0 bridgehead atoms. The van der Waals surface area contributed by atoms with Gasteiger partial charge in [-0.15, -0.1) is 0 Å². The fraction of sp³-hybridized carbons (Fsp3) is 0.588. The molecule has 0 aromatic carbocycles. The molecule has 1 saturated heterocycles. The van der Waals surface area contributed by atoms with E-state index in [2.05, 4.69) is 68.6 Å². The number of aryl methyl sites for hydroxylation is 1. The van der Waals surface area contributed by atoms with Crippen molar-refractivity contribution in [1.82, 2.24) is 0 Å². The van der Waals surface area contributed by atoms with Crippen LogP contribution in [-0.2, 0) is 12.5 Å². The predicted octanol–water partition coefficient (Wildman–Crippen LogP) is 4.02. The number of thioether (sulfide) groups is 1. The maximum atomic E-state index is 2.47. The molecule has 0 radical (unpaired) electrons. The van der Waals surface area contributed by atoms with Crippen LogP contribution in [0.25, 0.3) is 6.08 Å². The standard InChI is InChI=1S/C17H24NS/c1-17(2,3)13-10-14-15(18(4)11-13)8-7-12-6-5-9-19-16(12)14/h7-8,10-12,16H,5-6,9H2,1-4H3/q+1. The molecule has 1 aliphatic carbocycles. The van der Waals surface area contributed by atoms with Crippen LogP contribution < -0.4 is 4.57 Å². The van der Waals surface area contributed by atoms with Crippen LogP contribution in [-0.4, -0.2) is 5.75 Å². The highest BCUT2D eigenvalue weighted by atomic mass is 32.2. The Hall–Kier alpha value is -0.760. The van der Waals surface area contributed by atoms with Crippen LogP contribution in [0.4, 0.5) is 0 Å². The molecule has 0 saturated carbocycles. The van der Waals surface area contributed by atoms with Crippen LogP contribution in [0.15, 0.2) is 18.3 Å². The van der Waals surface area contributed by atoms with E-state index in [1.807, 2.05) is 0 Å². The molecule has 102 valence electrons. The van der Waals surface area contributed by atoms with Crippen molar-refractivity contribution < 1.29 is 4.57 Å². The summed E-state index contributed by atoms with van der Waals surface area (Å²) in [6.07, 6.45) is 9.81. The van der Waals surface area contributed by atoms with E-state index in [1.165, 1.54) is 29.9 Å². The van der Waals surface area contributed by atoms with Gasteiger partial charge in [0.25, 0.3) is 0 Å². The fourth-order valence-electron chi connectivity index (χ4n) is 3.15. The lowest BCUT2D eigenvalue weighted by molar-refractivity contribution is -0.674. The van der Waals surface area contributed by atoms with Gasteiger partial charge in [-0.2, -0.15) is 11.8 Å². The van der Waals surface area contributed by atoms with Crippen molar-refractivity contribution >= 4 is 17.8 Å². The lowest BCUT2D eigenvalue weighted by Crippen LogP contribution is -2.37. The number of hydrogen-bond donors (Lipinski definition) is 0. The van der Waals surface area contributed by atoms with Crippen LogP contribution >= 0.6 is 11.8 Å². The first-order chi connectivity index (χ1) is 8.97. The first kappa shape index (κ1) is 13.2. The zero-order valence-electron chi connectivity index (χ0n) is 12.4. The molecule has 2 heterocycles. The van der Waals surface area contributed by atoms with E-state index in [9.17, 15) is 0 Å². The zero-order chi connectivity index (χ0) is 13.6. The number of nitrogens with zero attached hydrogens (tertiary/aromatic N) is 1. The third-order valence-electron chi connectivity index (χ3n) is 4.36. The van der Waals surface area contributed by atoms with Gasteiger partial charge in [-0.25, -0.2) is 4.57 Å². The Bertz CT molecular complexity index is 525. The average molecular weight is 274 g/mol. The van der Waals surface area contributed by atoms with Gasteiger partial charge in [-0.1, -0.05) is 26.8 Å². The smallest absolute Gasteiger partial charge is 0.201 e. The molecular formula is C17H24NS+. The second-order valence-electron chi connectivity index (χ2n) is 6.89. The quantitative estimate of drug-likeness (QED) is 0.646. The molecule has 2 heteroatoms. The van der Waals surface area contributed by atoms with Crippen molar-refractivity contribution in [2.24, 2.45) is 13.0 Å². The molecule has 1 aromatic rings. The Balaban J connectivity index is 2.11. The van der Waals surface area contributed by atoms with Gasteiger partial charge < -0.3 is 0 Å². The molecule has 1 fully saturated rings. The summed E-state index contributed by atoms with van der Waals surface area (Å²) in [6.45, 7) is 6.91. The molecule has 1 nitrogen and oxygen atoms in total. The normalized spacial score (nSPS) is 25.9. The Kier molecular flexibility index (Phi) is 3.24. The summed E-state index contributed by atoms with van der Waals surface area (Å²) < 4.78 is 2.32. The highest BCUT2D eigenvalue weighted by Crippen LogP contribution is 2.47. The lowest BCUT2D eigenvalue weighted by atomic mass is 9.83. The molecule has 0 spiro atoms. The first-order valence-electron chi connectivity index (χ1n) is 7.31. The molecular weight excluding hydrogens is 250 g/mol. The van der Waals surface area contributed by atoms with Crippen LogP contribution in [0.5, 0.6) is 0 Å². The van der Waals surface area contributed by atoms with Crippen LogP contribution in [0.2, 0.25) is 0 Å². The molecule has 3 rings (SSSR count). The van der Waals surface area contributed by atoms with Gasteiger partial charge in [0.05, 0.1) is 0 Å². The lowest BCUT2D eigenvalue weighted by Gasteiger charge is -2.32. The molecule has 1 aliphatic heterocycles. The summed E-state index contributed by atoms with van der Waals surface area (Å²) in [5, 5.41) is 0.683. The van der Waals surface area contributed by atoms with E-state index < -0.39 is 0 Å². The van der Waals surface area contributed by atoms with Gasteiger partial charge in [0.15, 0.2) is 6.20 Å². The number of rotatable bonds is 0. The van der Waals surface area contributed by atoms with Gasteiger partial charge in [-0.3, -0.25) is 0 Å². The number of hydrogen-bond acceptors (Lipinski definition) is 1. The van der Waals surface area contributed by atoms with Crippen LogP contribution in [0, 0.1) is 5.92 Å². The van der Waals surface area contributed by atoms with Crippen molar-refractivity contribution in [3.05, 3.63) is 35.2 Å². The predicted molar refractivity (Wildman–Crippen MR) is 83.3 cm³/mol. The van der Waals surface area contributed by atoms with Crippen molar-refractivity contribution in [2.45, 2.75) is 44.3 Å². The second kappa shape index (κ2) is 4.66. The van der Waals surface area contributed by atoms with Gasteiger partial charge in [0.2, 0.25) is 5.69 Å². The summed E-state index contributed by atoms with van der Waals surface area (Å²) in [4.78, 5) is 0. The van der Waals surface area contributed by atoms with E-state index in [4.69, 9.17) is 0 Å². The van der Waals surface area contributed by atoms with Crippen molar-refractivity contribution in [3.63, 3.8) is 0 Å². The molecule has 1 aromatic heterocycles. The summed E-state index contributed by atoms with van der Waals surface area (Å²) in [5.74, 6) is 2.07. The number of allylic oxidation sites excluding steroid dienone is 1. The minimum Gasteiger partial charge on any atom is -0.201 e. The van der Waals surface area contributed by atoms with E-state index in [0.717, 1.165) is 5.92 Å². The minimum atomic E-state index is 0.225. The molecule has 2 aliphatic rings. The fourth-order valence-corrected chi connectivity index (χ4v) is 4.58. The second-order valence-corrected chi connectivity index (χ2v) is 8.14. The topological polar surface area (TPSA) is 3.88 Å². The third kappa shape index (κ3) is 2.35. The maximum Gasteiger partial charge on any atom is 0.209 e. The largest absolute Gasteiger partial charge is 0.209 e. The highest BCUT2D eigenvalue weighted by molar-refractivity contribution is 7.99. The molecule has 2 atom stereocenters. The molecule has 19 heavy (non-hydrogen) atoms. The summed E-state index contributed by atoms with van der Waals surface area (Å²) in [7, 11) is 2.19. The Morgan fingerprint density at radius 2 is 2.11 bits per heavy atom. The van der Waals surface area contributed by atoms with Gasteiger partial charge in [-0.05, 0) is 36.0 Å². The first-order valence-corrected chi connectivity index (χ1v) is 8.35. The van der Waals surface area contributed by atoms with Crippen molar-refractivity contribution in [2.75, 3.05) is 5.75 Å². The average Bonchev–Trinajstić information content (AvgIpc) is 2.37. The molecule has 0 amide bonds. The molecule has 2 unspecified atom stereocenters. The van der Waals surface area contributed by atoms with Gasteiger partial charge >= 0.3 is 0 Å². The Morgan fingerprint density at radius 1 is 1.32 bits per heavy atom. The van der Waals surface area contributed by atoms with Crippen LogP contribution in [0.3, 0.4) is 0 Å². The van der Waals surface area contributed by atoms with Gasteiger partial charge in [0.1, 0.15) is 7.05 Å². The summed E-state index contributed by atoms with van der Waals surface area (Å²) in [6, 6.07) is 2.47. The van der Waals surface area contributed by atoms with E-state index in [-0.39, 0.29) is 5.41 Å². The highest BCUT2D eigenvalue weighted by Gasteiger charge is 2.34. The maximum absolute atomic E-state index is 2.47. The summed E-state index contributed by atoms with van der Waals surface area (Å²) >= 11 is 2.15. The van der Waals surface area contributed by atoms with E-state index in [0.29, 0.717) is 5.25 Å². The SMILES string of the molecule is C[n+]1cc(C(C)(C)C)cc2c1C=CC1CCCSC21. The monoisotopic (exact) mass is 274 g/mol. The van der Waals surface area contributed by atoms with Gasteiger partial charge in [0, 0.05) is 22.5 Å². The number of pyridine rings is 1. The molecule has 0 N–H and O–H groups in total. The van der Waals surface area contributed by atoms with Crippen LogP contribution in [0.1, 0.15) is 55.7 Å². The van der Waals surface area contributed by atoms with E-state index in [1.54, 1.807) is 5.56 Å². The zero-order valence-corrected chi connectivity index (χ0v) is 13.3. The minimum absolute atomic E-state index is 0.225. The Labute approximate surface area is 121 Å². The van der Waals surface area contributed by atoms with E-state index >= 15 is 0 Å².